The van der Waals surface area contributed by atoms with Crippen LogP contribution in [0.2, 0.25) is 0 Å². The van der Waals surface area contributed by atoms with Crippen molar-refractivity contribution in [1.82, 2.24) is 9.62 Å². The van der Waals surface area contributed by atoms with Crippen molar-refractivity contribution in [3.05, 3.63) is 29.3 Å². The molecule has 1 N–H and O–H groups in total. The first-order valence-corrected chi connectivity index (χ1v) is 11.4. The second-order valence-corrected chi connectivity index (χ2v) is 10.5. The summed E-state index contributed by atoms with van der Waals surface area (Å²) in [5, 5.41) is 3.09. The van der Waals surface area contributed by atoms with Crippen molar-refractivity contribution in [1.29, 1.82) is 0 Å². The predicted molar refractivity (Wildman–Crippen MR) is 109 cm³/mol. The molecule has 0 radical (unpaired) electrons. The van der Waals surface area contributed by atoms with Crippen LogP contribution in [0.15, 0.2) is 23.1 Å². The zero-order valence-electron chi connectivity index (χ0n) is 17.5. The molecule has 1 aliphatic rings. The largest absolute Gasteiger partial charge is 0.349 e. The quantitative estimate of drug-likeness (QED) is 0.797. The van der Waals surface area contributed by atoms with Gasteiger partial charge in [-0.05, 0) is 55.2 Å². The molecular weight excluding hydrogens is 360 g/mol. The number of sulfonamides is 1. The Labute approximate surface area is 164 Å². The minimum Gasteiger partial charge on any atom is -0.349 e. The fourth-order valence-corrected chi connectivity index (χ4v) is 5.21. The van der Waals surface area contributed by atoms with Gasteiger partial charge < -0.3 is 5.32 Å². The number of benzene rings is 1. The van der Waals surface area contributed by atoms with E-state index in [1.165, 1.54) is 6.07 Å². The van der Waals surface area contributed by atoms with Crippen LogP contribution in [0.1, 0.15) is 63.4 Å². The molecule has 0 saturated carbocycles. The van der Waals surface area contributed by atoms with Gasteiger partial charge >= 0.3 is 0 Å². The average Bonchev–Trinajstić information content (AvgIpc) is 2.59. The van der Waals surface area contributed by atoms with Gasteiger partial charge in [-0.2, -0.15) is 4.31 Å². The number of nitrogens with one attached hydrogen (secondary N) is 1. The monoisotopic (exact) mass is 394 g/mol. The van der Waals surface area contributed by atoms with Gasteiger partial charge in [-0.25, -0.2) is 8.42 Å². The van der Waals surface area contributed by atoms with E-state index in [-0.39, 0.29) is 16.8 Å². The molecule has 1 fully saturated rings. The van der Waals surface area contributed by atoms with Gasteiger partial charge in [0.2, 0.25) is 10.0 Å². The Balaban J connectivity index is 2.28. The second-order valence-electron chi connectivity index (χ2n) is 8.55. The smallest absolute Gasteiger partial charge is 0.251 e. The fraction of sp³-hybridized carbons (Fsp3) is 0.667. The Morgan fingerprint density at radius 2 is 1.67 bits per heavy atom. The van der Waals surface area contributed by atoms with Crippen molar-refractivity contribution in [3.8, 4) is 0 Å². The number of piperidine rings is 1. The van der Waals surface area contributed by atoms with Crippen LogP contribution in [-0.2, 0) is 10.0 Å². The van der Waals surface area contributed by atoms with Crippen LogP contribution in [0.4, 0.5) is 0 Å². The van der Waals surface area contributed by atoms with Crippen molar-refractivity contribution < 1.29 is 13.2 Å². The van der Waals surface area contributed by atoms with Crippen LogP contribution >= 0.6 is 0 Å². The summed E-state index contributed by atoms with van der Waals surface area (Å²) in [6.07, 6.45) is 1.76. The first-order chi connectivity index (χ1) is 12.5. The summed E-state index contributed by atoms with van der Waals surface area (Å²) >= 11 is 0. The van der Waals surface area contributed by atoms with Crippen LogP contribution < -0.4 is 5.32 Å². The molecule has 5 nitrogen and oxygen atoms in total. The number of rotatable bonds is 6. The molecule has 1 aromatic rings. The summed E-state index contributed by atoms with van der Waals surface area (Å²) in [5.74, 6) is 0.956. The number of amides is 1. The summed E-state index contributed by atoms with van der Waals surface area (Å²) in [4.78, 5) is 13.1. The van der Waals surface area contributed by atoms with E-state index in [4.69, 9.17) is 0 Å². The third-order valence-electron chi connectivity index (χ3n) is 5.57. The summed E-state index contributed by atoms with van der Waals surface area (Å²) in [7, 11) is -3.57. The van der Waals surface area contributed by atoms with E-state index in [0.29, 0.717) is 36.4 Å². The van der Waals surface area contributed by atoms with Gasteiger partial charge in [-0.1, -0.05) is 40.7 Å². The fourth-order valence-electron chi connectivity index (χ4n) is 3.71. The van der Waals surface area contributed by atoms with E-state index < -0.39 is 10.0 Å². The highest BCUT2D eigenvalue weighted by Gasteiger charge is 2.29. The van der Waals surface area contributed by atoms with Gasteiger partial charge in [0.15, 0.2) is 0 Å². The lowest BCUT2D eigenvalue weighted by Crippen LogP contribution is -2.42. The molecule has 6 heteroatoms. The zero-order valence-corrected chi connectivity index (χ0v) is 18.3. The number of carbonyl (C=O) groups excluding carboxylic acids is 1. The van der Waals surface area contributed by atoms with E-state index >= 15 is 0 Å². The van der Waals surface area contributed by atoms with Crippen LogP contribution in [0.25, 0.3) is 0 Å². The lowest BCUT2D eigenvalue weighted by Gasteiger charge is -2.29. The first-order valence-electron chi connectivity index (χ1n) is 9.95. The molecule has 27 heavy (non-hydrogen) atoms. The van der Waals surface area contributed by atoms with E-state index in [2.05, 4.69) is 39.9 Å². The second kappa shape index (κ2) is 8.74. The number of hydrogen-bond donors (Lipinski definition) is 1. The minimum atomic E-state index is -3.57. The Morgan fingerprint density at radius 1 is 1.11 bits per heavy atom. The van der Waals surface area contributed by atoms with Crippen LogP contribution in [-0.4, -0.2) is 37.8 Å². The molecule has 0 spiro atoms. The van der Waals surface area contributed by atoms with E-state index in [1.54, 1.807) is 16.4 Å². The van der Waals surface area contributed by atoms with Crippen LogP contribution in [0.3, 0.4) is 0 Å². The number of aryl methyl sites for hydroxylation is 1. The highest BCUT2D eigenvalue weighted by Crippen LogP contribution is 2.25. The van der Waals surface area contributed by atoms with E-state index in [1.807, 2.05) is 6.92 Å². The average molecular weight is 395 g/mol. The van der Waals surface area contributed by atoms with Gasteiger partial charge in [-0.15, -0.1) is 0 Å². The van der Waals surface area contributed by atoms with Crippen LogP contribution in [0.5, 0.6) is 0 Å². The summed E-state index contributed by atoms with van der Waals surface area (Å²) in [6.45, 7) is 13.4. The van der Waals surface area contributed by atoms with Crippen molar-refractivity contribution in [2.75, 3.05) is 13.1 Å². The molecule has 0 bridgehead atoms. The van der Waals surface area contributed by atoms with Crippen molar-refractivity contribution in [2.45, 2.75) is 65.3 Å². The molecule has 0 aromatic heterocycles. The Hall–Kier alpha value is -1.40. The molecule has 1 amide bonds. The SMILES string of the molecule is Cc1ccc(S(=O)(=O)N2CCC(C)CC2)cc1C(=O)NC(C(C)C)C(C)C. The Morgan fingerprint density at radius 3 is 2.19 bits per heavy atom. The van der Waals surface area contributed by atoms with Gasteiger partial charge in [0.1, 0.15) is 0 Å². The third kappa shape index (κ3) is 5.11. The Kier molecular flexibility index (Phi) is 7.09. The highest BCUT2D eigenvalue weighted by atomic mass is 32.2. The molecule has 1 aliphatic heterocycles. The zero-order chi connectivity index (χ0) is 20.4. The van der Waals surface area contributed by atoms with E-state index in [0.717, 1.165) is 18.4 Å². The van der Waals surface area contributed by atoms with Crippen molar-refractivity contribution >= 4 is 15.9 Å². The molecule has 1 aromatic carbocycles. The van der Waals surface area contributed by atoms with Crippen molar-refractivity contribution in [2.24, 2.45) is 17.8 Å². The summed E-state index contributed by atoms with van der Waals surface area (Å²) in [5.41, 5.74) is 1.22. The van der Waals surface area contributed by atoms with Gasteiger partial charge in [0, 0.05) is 24.7 Å². The predicted octanol–water partition coefficient (Wildman–Crippen LogP) is 3.83. The summed E-state index contributed by atoms with van der Waals surface area (Å²) in [6, 6.07) is 4.92. The lowest BCUT2D eigenvalue weighted by atomic mass is 9.93. The molecule has 152 valence electrons. The molecule has 0 unspecified atom stereocenters. The molecule has 0 atom stereocenters. The standard InChI is InChI=1S/C21H34N2O3S/c1-14(2)20(15(3)4)22-21(24)19-13-18(8-7-17(19)6)27(25,26)23-11-9-16(5)10-12-23/h7-8,13-16,20H,9-12H2,1-6H3,(H,22,24). The van der Waals surface area contributed by atoms with Gasteiger partial charge in [-0.3, -0.25) is 4.79 Å². The lowest BCUT2D eigenvalue weighted by molar-refractivity contribution is 0.0909. The maximum atomic E-state index is 13.0. The maximum absolute atomic E-state index is 13.0. The minimum absolute atomic E-state index is 0.0424. The highest BCUT2D eigenvalue weighted by molar-refractivity contribution is 7.89. The molecule has 0 aliphatic carbocycles. The third-order valence-corrected chi connectivity index (χ3v) is 7.46. The van der Waals surface area contributed by atoms with Gasteiger partial charge in [0.25, 0.3) is 5.91 Å². The topological polar surface area (TPSA) is 66.5 Å². The Bertz CT molecular complexity index is 756. The van der Waals surface area contributed by atoms with E-state index in [9.17, 15) is 13.2 Å². The number of hydrogen-bond acceptors (Lipinski definition) is 3. The maximum Gasteiger partial charge on any atom is 0.251 e. The first kappa shape index (κ1) is 21.9. The number of nitrogens with zero attached hydrogens (tertiary/aromatic N) is 1. The molecule has 2 rings (SSSR count). The normalized spacial score (nSPS) is 17.1. The molecule has 1 saturated heterocycles. The van der Waals surface area contributed by atoms with Crippen LogP contribution in [0, 0.1) is 24.7 Å². The van der Waals surface area contributed by atoms with Crippen molar-refractivity contribution in [3.63, 3.8) is 0 Å². The number of carbonyl (C=O) groups is 1. The van der Waals surface area contributed by atoms with Gasteiger partial charge in [0.05, 0.1) is 4.90 Å². The molecular formula is C21H34N2O3S. The summed E-state index contributed by atoms with van der Waals surface area (Å²) < 4.78 is 27.6. The molecule has 1 heterocycles.